The number of hydrogen-bond donors (Lipinski definition) is 2. The number of carboxylic acids is 1. The Morgan fingerprint density at radius 1 is 1.10 bits per heavy atom. The second-order valence-corrected chi connectivity index (χ2v) is 5.58. The number of carbonyl (C=O) groups excluding carboxylic acids is 1. The Morgan fingerprint density at radius 2 is 1.75 bits per heavy atom. The van der Waals surface area contributed by atoms with E-state index in [-0.39, 0.29) is 11.1 Å². The van der Waals surface area contributed by atoms with Gasteiger partial charge >= 0.3 is 5.97 Å². The van der Waals surface area contributed by atoms with Gasteiger partial charge in [-0.15, -0.1) is 0 Å². The minimum atomic E-state index is -1.15. The molecule has 0 bridgehead atoms. The van der Waals surface area contributed by atoms with Crippen molar-refractivity contribution in [1.82, 2.24) is 0 Å². The number of anilines is 1. The highest BCUT2D eigenvalue weighted by Crippen LogP contribution is 2.24. The van der Waals surface area contributed by atoms with Crippen molar-refractivity contribution in [2.75, 3.05) is 5.32 Å². The first-order valence-electron chi connectivity index (χ1n) is 5.58. The molecular weight excluding hydrogens is 393 g/mol. The zero-order valence-electron chi connectivity index (χ0n) is 10.1. The SMILES string of the molecule is O=C(O)c1ccccc1C(=O)Nc1ccc(I)cc1Cl. The number of carbonyl (C=O) groups is 2. The molecule has 20 heavy (non-hydrogen) atoms. The van der Waals surface area contributed by atoms with Gasteiger partial charge in [0.05, 0.1) is 21.8 Å². The highest BCUT2D eigenvalue weighted by Gasteiger charge is 2.16. The van der Waals surface area contributed by atoms with Gasteiger partial charge in [-0.1, -0.05) is 23.7 Å². The Labute approximate surface area is 133 Å². The standard InChI is InChI=1S/C14H9ClINO3/c15-11-7-8(16)5-6-12(11)17-13(18)9-3-1-2-4-10(9)14(19)20/h1-7H,(H,17,18)(H,19,20). The molecular formula is C14H9ClINO3. The summed E-state index contributed by atoms with van der Waals surface area (Å²) in [7, 11) is 0. The van der Waals surface area contributed by atoms with Gasteiger partial charge in [-0.3, -0.25) is 4.79 Å². The van der Waals surface area contributed by atoms with Crippen LogP contribution in [-0.2, 0) is 0 Å². The van der Waals surface area contributed by atoms with Crippen LogP contribution in [0.2, 0.25) is 5.02 Å². The molecule has 0 aliphatic heterocycles. The van der Waals surface area contributed by atoms with Gasteiger partial charge in [0.1, 0.15) is 0 Å². The highest BCUT2D eigenvalue weighted by molar-refractivity contribution is 14.1. The summed E-state index contributed by atoms with van der Waals surface area (Å²) < 4.78 is 0.941. The zero-order chi connectivity index (χ0) is 14.7. The maximum Gasteiger partial charge on any atom is 0.336 e. The van der Waals surface area contributed by atoms with Crippen LogP contribution in [0.5, 0.6) is 0 Å². The van der Waals surface area contributed by atoms with E-state index in [1.54, 1.807) is 30.3 Å². The van der Waals surface area contributed by atoms with E-state index < -0.39 is 11.9 Å². The molecule has 0 aliphatic rings. The molecule has 6 heteroatoms. The summed E-state index contributed by atoms with van der Waals surface area (Å²) in [6.45, 7) is 0. The number of benzene rings is 2. The van der Waals surface area contributed by atoms with Crippen molar-refractivity contribution in [1.29, 1.82) is 0 Å². The predicted molar refractivity (Wildman–Crippen MR) is 85.5 cm³/mol. The Balaban J connectivity index is 2.31. The molecule has 0 saturated heterocycles. The molecule has 0 unspecified atom stereocenters. The number of rotatable bonds is 3. The Morgan fingerprint density at radius 3 is 2.35 bits per heavy atom. The van der Waals surface area contributed by atoms with Crippen molar-refractivity contribution < 1.29 is 14.7 Å². The van der Waals surface area contributed by atoms with E-state index in [0.29, 0.717) is 10.7 Å². The molecule has 102 valence electrons. The molecule has 1 amide bonds. The van der Waals surface area contributed by atoms with Crippen molar-refractivity contribution in [2.24, 2.45) is 0 Å². The Hall–Kier alpha value is -1.60. The monoisotopic (exact) mass is 401 g/mol. The quantitative estimate of drug-likeness (QED) is 0.767. The second kappa shape index (κ2) is 6.23. The smallest absolute Gasteiger partial charge is 0.336 e. The van der Waals surface area contributed by atoms with Crippen LogP contribution in [0.15, 0.2) is 42.5 Å². The lowest BCUT2D eigenvalue weighted by Gasteiger charge is -2.09. The molecule has 0 saturated carbocycles. The van der Waals surface area contributed by atoms with Crippen molar-refractivity contribution in [3.05, 3.63) is 62.2 Å². The third kappa shape index (κ3) is 3.29. The van der Waals surface area contributed by atoms with Gasteiger partial charge < -0.3 is 10.4 Å². The third-order valence-corrected chi connectivity index (χ3v) is 3.57. The van der Waals surface area contributed by atoms with E-state index in [1.807, 2.05) is 0 Å². The lowest BCUT2D eigenvalue weighted by Crippen LogP contribution is -2.16. The fourth-order valence-electron chi connectivity index (χ4n) is 1.65. The molecule has 2 aromatic carbocycles. The number of aromatic carboxylic acids is 1. The van der Waals surface area contributed by atoms with Crippen molar-refractivity contribution in [2.45, 2.75) is 0 Å². The number of halogens is 2. The van der Waals surface area contributed by atoms with Crippen LogP contribution in [0.1, 0.15) is 20.7 Å². The van der Waals surface area contributed by atoms with Gasteiger partial charge in [0, 0.05) is 3.57 Å². The number of hydrogen-bond acceptors (Lipinski definition) is 2. The predicted octanol–water partition coefficient (Wildman–Crippen LogP) is 3.90. The number of carboxylic acid groups (broad SMARTS) is 1. The zero-order valence-corrected chi connectivity index (χ0v) is 13.0. The van der Waals surface area contributed by atoms with Crippen molar-refractivity contribution >= 4 is 51.8 Å². The summed E-state index contributed by atoms with van der Waals surface area (Å²) in [5.74, 6) is -1.66. The minimum absolute atomic E-state index is 0.0494. The van der Waals surface area contributed by atoms with E-state index in [4.69, 9.17) is 16.7 Å². The summed E-state index contributed by atoms with van der Waals surface area (Å²) in [5.41, 5.74) is 0.485. The maximum atomic E-state index is 12.1. The molecule has 0 spiro atoms. The van der Waals surface area contributed by atoms with E-state index in [1.165, 1.54) is 12.1 Å². The first kappa shape index (κ1) is 14.8. The van der Waals surface area contributed by atoms with Gasteiger partial charge in [-0.2, -0.15) is 0 Å². The molecule has 0 aliphatic carbocycles. The summed E-state index contributed by atoms with van der Waals surface area (Å²) in [4.78, 5) is 23.2. The normalized spacial score (nSPS) is 10.1. The van der Waals surface area contributed by atoms with Gasteiger partial charge in [0.2, 0.25) is 0 Å². The number of amides is 1. The minimum Gasteiger partial charge on any atom is -0.478 e. The van der Waals surface area contributed by atoms with Crippen LogP contribution in [0, 0.1) is 3.57 Å². The Kier molecular flexibility index (Phi) is 4.61. The van der Waals surface area contributed by atoms with Crippen LogP contribution < -0.4 is 5.32 Å². The molecule has 0 atom stereocenters. The average molecular weight is 402 g/mol. The lowest BCUT2D eigenvalue weighted by atomic mass is 10.1. The summed E-state index contributed by atoms with van der Waals surface area (Å²) >= 11 is 8.13. The first-order valence-corrected chi connectivity index (χ1v) is 7.03. The summed E-state index contributed by atoms with van der Waals surface area (Å²) in [6, 6.07) is 11.2. The third-order valence-electron chi connectivity index (χ3n) is 2.58. The first-order chi connectivity index (χ1) is 9.49. The lowest BCUT2D eigenvalue weighted by molar-refractivity contribution is 0.0692. The molecule has 0 aromatic heterocycles. The maximum absolute atomic E-state index is 12.1. The molecule has 0 fully saturated rings. The molecule has 0 radical (unpaired) electrons. The van der Waals surface area contributed by atoms with Crippen LogP contribution >= 0.6 is 34.2 Å². The average Bonchev–Trinajstić information content (AvgIpc) is 2.41. The molecule has 0 heterocycles. The highest BCUT2D eigenvalue weighted by atomic mass is 127. The molecule has 2 aromatic rings. The van der Waals surface area contributed by atoms with Crippen LogP contribution in [0.4, 0.5) is 5.69 Å². The van der Waals surface area contributed by atoms with Crippen LogP contribution in [0.3, 0.4) is 0 Å². The van der Waals surface area contributed by atoms with Gasteiger partial charge in [0.15, 0.2) is 0 Å². The summed E-state index contributed by atoms with van der Waals surface area (Å²) in [6.07, 6.45) is 0. The van der Waals surface area contributed by atoms with Crippen LogP contribution in [-0.4, -0.2) is 17.0 Å². The molecule has 4 nitrogen and oxygen atoms in total. The van der Waals surface area contributed by atoms with Gasteiger partial charge in [0.25, 0.3) is 5.91 Å². The number of nitrogens with one attached hydrogen (secondary N) is 1. The van der Waals surface area contributed by atoms with Gasteiger partial charge in [-0.25, -0.2) is 4.79 Å². The Bertz CT molecular complexity index is 688. The van der Waals surface area contributed by atoms with Crippen molar-refractivity contribution in [3.8, 4) is 0 Å². The summed E-state index contributed by atoms with van der Waals surface area (Å²) in [5, 5.41) is 12.1. The van der Waals surface area contributed by atoms with Crippen LogP contribution in [0.25, 0.3) is 0 Å². The fourth-order valence-corrected chi connectivity index (χ4v) is 2.55. The second-order valence-electron chi connectivity index (χ2n) is 3.93. The largest absolute Gasteiger partial charge is 0.478 e. The fraction of sp³-hybridized carbons (Fsp3) is 0. The van der Waals surface area contributed by atoms with Gasteiger partial charge in [-0.05, 0) is 52.9 Å². The van der Waals surface area contributed by atoms with E-state index >= 15 is 0 Å². The topological polar surface area (TPSA) is 66.4 Å². The molecule has 2 rings (SSSR count). The van der Waals surface area contributed by atoms with E-state index in [2.05, 4.69) is 27.9 Å². The van der Waals surface area contributed by atoms with Crippen molar-refractivity contribution in [3.63, 3.8) is 0 Å². The van der Waals surface area contributed by atoms with E-state index in [0.717, 1.165) is 3.57 Å². The van der Waals surface area contributed by atoms with E-state index in [9.17, 15) is 9.59 Å². The molecule has 2 N–H and O–H groups in total.